The Labute approximate surface area is 149 Å². The molecule has 0 spiro atoms. The van der Waals surface area contributed by atoms with Crippen LogP contribution < -0.4 is 10.1 Å². The molecule has 0 saturated carbocycles. The third-order valence-electron chi connectivity index (χ3n) is 3.68. The minimum absolute atomic E-state index is 0.138. The molecule has 2 aromatic rings. The van der Waals surface area contributed by atoms with Gasteiger partial charge in [0.25, 0.3) is 5.62 Å². The van der Waals surface area contributed by atoms with E-state index in [0.29, 0.717) is 18.2 Å². The Bertz CT molecular complexity index is 724. The maximum absolute atomic E-state index is 9.94. The van der Waals surface area contributed by atoms with Gasteiger partial charge in [-0.15, -0.1) is 11.6 Å². The molecule has 0 radical (unpaired) electrons. The third-order valence-corrected chi connectivity index (χ3v) is 4.82. The van der Waals surface area contributed by atoms with Crippen molar-refractivity contribution in [2.24, 2.45) is 0 Å². The van der Waals surface area contributed by atoms with Crippen molar-refractivity contribution in [1.82, 2.24) is 5.32 Å². The first kappa shape index (κ1) is 17.4. The molecule has 0 aliphatic carbocycles. The highest BCUT2D eigenvalue weighted by Gasteiger charge is 2.26. The Morgan fingerprint density at radius 3 is 2.96 bits per heavy atom. The van der Waals surface area contributed by atoms with E-state index in [9.17, 15) is 10.2 Å². The fraction of sp³-hybridized carbons (Fsp3) is 0.294. The number of fused-ring (bicyclic) bond motifs is 1. The highest BCUT2D eigenvalue weighted by Crippen LogP contribution is 2.48. The summed E-state index contributed by atoms with van der Waals surface area (Å²) in [6.45, 7) is 0.596. The lowest BCUT2D eigenvalue weighted by atomic mass is 10.0. The lowest BCUT2D eigenvalue weighted by Crippen LogP contribution is -2.31. The molecule has 0 saturated heterocycles. The number of thioether (sulfide) groups is 1. The van der Waals surface area contributed by atoms with Crippen LogP contribution in [0.3, 0.4) is 0 Å². The van der Waals surface area contributed by atoms with Gasteiger partial charge >= 0.3 is 0 Å². The maximum Gasteiger partial charge on any atom is 0.251 e. The second kappa shape index (κ2) is 7.63. The van der Waals surface area contributed by atoms with E-state index in [2.05, 4.69) is 5.32 Å². The van der Waals surface area contributed by atoms with E-state index in [1.165, 1.54) is 11.8 Å². The van der Waals surface area contributed by atoms with Crippen molar-refractivity contribution in [3.8, 4) is 22.6 Å². The van der Waals surface area contributed by atoms with Crippen molar-refractivity contribution in [2.75, 3.05) is 13.0 Å². The summed E-state index contributed by atoms with van der Waals surface area (Å²) < 4.78 is 10.7. The van der Waals surface area contributed by atoms with Crippen LogP contribution in [0.5, 0.6) is 11.5 Å². The second-order valence-corrected chi connectivity index (χ2v) is 6.71. The minimum Gasteiger partial charge on any atom is -0.508 e. The summed E-state index contributed by atoms with van der Waals surface area (Å²) in [5.41, 5.74) is 1.74. The quantitative estimate of drug-likeness (QED) is 0.538. The number of ether oxygens (including phenoxy) is 2. The fourth-order valence-corrected chi connectivity index (χ4v) is 3.58. The first-order valence-electron chi connectivity index (χ1n) is 7.40. The summed E-state index contributed by atoms with van der Waals surface area (Å²) in [6, 6.07) is 11.1. The first-order chi connectivity index (χ1) is 11.6. The zero-order valence-corrected chi connectivity index (χ0v) is 14.6. The van der Waals surface area contributed by atoms with E-state index in [-0.39, 0.29) is 12.0 Å². The third kappa shape index (κ3) is 3.79. The average Bonchev–Trinajstić information content (AvgIpc) is 2.95. The van der Waals surface area contributed by atoms with Crippen LogP contribution in [0.4, 0.5) is 0 Å². The number of hydrogen-bond acceptors (Lipinski definition) is 6. The zero-order valence-electron chi connectivity index (χ0n) is 13.0. The Hall–Kier alpha value is -1.44. The molecular weight excluding hydrogens is 350 g/mol. The predicted octanol–water partition coefficient (Wildman–Crippen LogP) is 3.12. The molecule has 2 aromatic carbocycles. The molecule has 0 fully saturated rings. The number of aliphatic hydroxyl groups excluding tert-OH is 1. The largest absolute Gasteiger partial charge is 0.508 e. The topological polar surface area (TPSA) is 71.0 Å². The Morgan fingerprint density at radius 1 is 1.38 bits per heavy atom. The SMILES string of the molecule is COC(CCl)NCc1cccc(-c2cc(O)cc3c2OC(O)S3)c1. The fourth-order valence-electron chi connectivity index (χ4n) is 2.53. The second-order valence-electron chi connectivity index (χ2n) is 5.32. The van der Waals surface area contributed by atoms with Crippen LogP contribution in [0.2, 0.25) is 0 Å². The number of benzene rings is 2. The number of halogens is 1. The molecule has 7 heteroatoms. The smallest absolute Gasteiger partial charge is 0.251 e. The van der Waals surface area contributed by atoms with Gasteiger partial charge in [-0.05, 0) is 41.1 Å². The summed E-state index contributed by atoms with van der Waals surface area (Å²) in [4.78, 5) is 0.725. The van der Waals surface area contributed by atoms with E-state index >= 15 is 0 Å². The first-order valence-corrected chi connectivity index (χ1v) is 8.82. The molecule has 2 atom stereocenters. The van der Waals surface area contributed by atoms with Gasteiger partial charge in [0, 0.05) is 19.2 Å². The number of rotatable bonds is 6. The normalized spacial score (nSPS) is 17.4. The molecule has 1 aliphatic heterocycles. The molecule has 5 nitrogen and oxygen atoms in total. The molecule has 3 N–H and O–H groups in total. The van der Waals surface area contributed by atoms with Gasteiger partial charge in [-0.2, -0.15) is 0 Å². The van der Waals surface area contributed by atoms with Crippen LogP contribution in [-0.4, -0.2) is 35.1 Å². The summed E-state index contributed by atoms with van der Waals surface area (Å²) in [6.07, 6.45) is -0.213. The van der Waals surface area contributed by atoms with Gasteiger partial charge in [-0.1, -0.05) is 18.2 Å². The number of aliphatic hydroxyl groups is 1. The molecule has 24 heavy (non-hydrogen) atoms. The van der Waals surface area contributed by atoms with Gasteiger partial charge in [-0.3, -0.25) is 5.32 Å². The maximum atomic E-state index is 9.94. The summed E-state index contributed by atoms with van der Waals surface area (Å²) in [5.74, 6) is 1.09. The van der Waals surface area contributed by atoms with E-state index in [1.807, 2.05) is 24.3 Å². The molecule has 3 rings (SSSR count). The molecule has 1 aliphatic rings. The molecule has 2 unspecified atom stereocenters. The molecule has 1 heterocycles. The van der Waals surface area contributed by atoms with Gasteiger partial charge < -0.3 is 19.7 Å². The van der Waals surface area contributed by atoms with Crippen LogP contribution >= 0.6 is 23.4 Å². The molecule has 0 amide bonds. The van der Waals surface area contributed by atoms with Gasteiger partial charge in [-0.25, -0.2) is 0 Å². The number of hydrogen-bond donors (Lipinski definition) is 3. The Morgan fingerprint density at radius 2 is 2.21 bits per heavy atom. The van der Waals surface area contributed by atoms with Crippen LogP contribution in [-0.2, 0) is 11.3 Å². The van der Waals surface area contributed by atoms with Gasteiger partial charge in [0.05, 0.1) is 10.8 Å². The van der Waals surface area contributed by atoms with Crippen molar-refractivity contribution < 1.29 is 19.7 Å². The van der Waals surface area contributed by atoms with E-state index in [0.717, 1.165) is 21.6 Å². The van der Waals surface area contributed by atoms with E-state index in [4.69, 9.17) is 21.1 Å². The van der Waals surface area contributed by atoms with Crippen LogP contribution in [0.1, 0.15) is 5.56 Å². The van der Waals surface area contributed by atoms with E-state index < -0.39 is 5.62 Å². The highest BCUT2D eigenvalue weighted by molar-refractivity contribution is 8.00. The lowest BCUT2D eigenvalue weighted by Gasteiger charge is -2.15. The van der Waals surface area contributed by atoms with Crippen LogP contribution in [0.15, 0.2) is 41.3 Å². The summed E-state index contributed by atoms with van der Waals surface area (Å²) in [7, 11) is 1.60. The predicted molar refractivity (Wildman–Crippen MR) is 94.4 cm³/mol. The minimum atomic E-state index is -0.948. The van der Waals surface area contributed by atoms with Crippen molar-refractivity contribution in [2.45, 2.75) is 23.3 Å². The summed E-state index contributed by atoms with van der Waals surface area (Å²) >= 11 is 6.97. The Balaban J connectivity index is 1.87. The van der Waals surface area contributed by atoms with Crippen molar-refractivity contribution in [3.05, 3.63) is 42.0 Å². The van der Waals surface area contributed by atoms with Crippen LogP contribution in [0.25, 0.3) is 11.1 Å². The number of aromatic hydroxyl groups is 1. The number of alkyl halides is 1. The summed E-state index contributed by atoms with van der Waals surface area (Å²) in [5, 5.41) is 22.8. The van der Waals surface area contributed by atoms with Gasteiger partial charge in [0.1, 0.15) is 17.7 Å². The van der Waals surface area contributed by atoms with Gasteiger partial charge in [0.15, 0.2) is 0 Å². The van der Waals surface area contributed by atoms with E-state index in [1.54, 1.807) is 19.2 Å². The van der Waals surface area contributed by atoms with Crippen molar-refractivity contribution >= 4 is 23.4 Å². The van der Waals surface area contributed by atoms with Gasteiger partial charge in [0.2, 0.25) is 0 Å². The van der Waals surface area contributed by atoms with Crippen molar-refractivity contribution in [1.29, 1.82) is 0 Å². The lowest BCUT2D eigenvalue weighted by molar-refractivity contribution is 0.0687. The highest BCUT2D eigenvalue weighted by atomic mass is 35.5. The molecule has 0 aromatic heterocycles. The number of phenols is 1. The van der Waals surface area contributed by atoms with Crippen molar-refractivity contribution in [3.63, 3.8) is 0 Å². The molecule has 128 valence electrons. The standard InChI is InChI=1S/C17H18ClNO4S/c1-22-15(8-18)19-9-10-3-2-4-11(5-10)13-6-12(20)7-14-16(13)23-17(21)24-14/h2-7,15,17,19-21H,8-9H2,1H3. The van der Waals surface area contributed by atoms with Crippen LogP contribution in [0, 0.1) is 0 Å². The number of methoxy groups -OCH3 is 1. The monoisotopic (exact) mass is 367 g/mol. The zero-order chi connectivity index (χ0) is 17.1. The Kier molecular flexibility index (Phi) is 5.53. The molecular formula is C17H18ClNO4S. The molecule has 0 bridgehead atoms. The average molecular weight is 368 g/mol. The number of phenolic OH excluding ortho intramolecular Hbond substituents is 1. The number of nitrogens with one attached hydrogen (secondary N) is 1.